The molecule has 0 saturated carbocycles. The largest absolute Gasteiger partial charge is 0.280 e. The summed E-state index contributed by atoms with van der Waals surface area (Å²) in [5, 5.41) is 11.6. The summed E-state index contributed by atoms with van der Waals surface area (Å²) in [6.45, 7) is 4.37. The number of nitro benzene ring substituents is 1. The predicted molar refractivity (Wildman–Crippen MR) is 127 cm³/mol. The maximum Gasteiger partial charge on any atom is 0.270 e. The maximum absolute atomic E-state index is 13.2. The van der Waals surface area contributed by atoms with Crippen molar-refractivity contribution in [3.05, 3.63) is 99.4 Å². The van der Waals surface area contributed by atoms with Gasteiger partial charge in [-0.2, -0.15) is 0 Å². The third kappa shape index (κ3) is 4.55. The quantitative estimate of drug-likeness (QED) is 0.224. The van der Waals surface area contributed by atoms with E-state index in [1.807, 2.05) is 32.0 Å². The molecule has 1 amide bonds. The first kappa shape index (κ1) is 21.3. The van der Waals surface area contributed by atoms with Gasteiger partial charge in [0.15, 0.2) is 5.13 Å². The van der Waals surface area contributed by atoms with Gasteiger partial charge in [0.25, 0.3) is 11.6 Å². The van der Waals surface area contributed by atoms with E-state index < -0.39 is 4.92 Å². The number of aromatic nitrogens is 2. The second kappa shape index (κ2) is 9.07. The standard InChI is InChI=1S/C24H20N4O3S/c1-16-8-10-21-23(17(16)2)26-24(32-21)27(15-19-6-4-12-25-14-19)22(29)11-9-18-5-3-7-20(13-18)28(30)31/h3-14H,15H2,1-2H3/b11-9+. The number of anilines is 1. The molecule has 2 aromatic heterocycles. The molecule has 0 bridgehead atoms. The normalized spacial score (nSPS) is 11.2. The molecule has 32 heavy (non-hydrogen) atoms. The third-order valence-electron chi connectivity index (χ3n) is 5.13. The van der Waals surface area contributed by atoms with Crippen LogP contribution in [0.2, 0.25) is 0 Å². The number of carbonyl (C=O) groups is 1. The number of benzene rings is 2. The molecule has 8 heteroatoms. The van der Waals surface area contributed by atoms with Crippen molar-refractivity contribution in [2.75, 3.05) is 4.90 Å². The van der Waals surface area contributed by atoms with Gasteiger partial charge >= 0.3 is 0 Å². The molecule has 2 heterocycles. The van der Waals surface area contributed by atoms with E-state index in [0.29, 0.717) is 17.2 Å². The molecule has 0 unspecified atom stereocenters. The Morgan fingerprint density at radius 3 is 2.78 bits per heavy atom. The van der Waals surface area contributed by atoms with E-state index in [9.17, 15) is 14.9 Å². The van der Waals surface area contributed by atoms with Crippen LogP contribution in [0.25, 0.3) is 16.3 Å². The molecule has 0 spiro atoms. The fourth-order valence-corrected chi connectivity index (χ4v) is 4.27. The number of hydrogen-bond acceptors (Lipinski definition) is 6. The van der Waals surface area contributed by atoms with Crippen LogP contribution in [0.15, 0.2) is 67.0 Å². The average Bonchev–Trinajstić information content (AvgIpc) is 3.24. The molecule has 0 atom stereocenters. The van der Waals surface area contributed by atoms with Crippen molar-refractivity contribution < 1.29 is 9.72 Å². The Morgan fingerprint density at radius 2 is 2.03 bits per heavy atom. The summed E-state index contributed by atoms with van der Waals surface area (Å²) in [4.78, 5) is 34.3. The Morgan fingerprint density at radius 1 is 1.19 bits per heavy atom. The molecule has 0 N–H and O–H groups in total. The number of fused-ring (bicyclic) bond motifs is 1. The van der Waals surface area contributed by atoms with E-state index in [1.54, 1.807) is 35.5 Å². The fraction of sp³-hybridized carbons (Fsp3) is 0.125. The smallest absolute Gasteiger partial charge is 0.270 e. The number of thiazole rings is 1. The Kier molecular flexibility index (Phi) is 6.04. The summed E-state index contributed by atoms with van der Waals surface area (Å²) in [5.41, 5.74) is 4.54. The van der Waals surface area contributed by atoms with E-state index in [1.165, 1.54) is 29.5 Å². The number of rotatable bonds is 6. The summed E-state index contributed by atoms with van der Waals surface area (Å²) >= 11 is 1.45. The lowest BCUT2D eigenvalue weighted by atomic mass is 10.1. The van der Waals surface area contributed by atoms with E-state index >= 15 is 0 Å². The third-order valence-corrected chi connectivity index (χ3v) is 6.18. The second-order valence-corrected chi connectivity index (χ2v) is 8.33. The second-order valence-electron chi connectivity index (χ2n) is 7.32. The van der Waals surface area contributed by atoms with Gasteiger partial charge in [-0.1, -0.05) is 35.6 Å². The van der Waals surface area contributed by atoms with Gasteiger partial charge in [-0.15, -0.1) is 0 Å². The number of pyridine rings is 1. The molecule has 160 valence electrons. The van der Waals surface area contributed by atoms with Gasteiger partial charge in [0.2, 0.25) is 0 Å². The van der Waals surface area contributed by atoms with Crippen LogP contribution in [0.3, 0.4) is 0 Å². The topological polar surface area (TPSA) is 89.2 Å². The van der Waals surface area contributed by atoms with Crippen LogP contribution < -0.4 is 4.90 Å². The van der Waals surface area contributed by atoms with Gasteiger partial charge in [-0.3, -0.25) is 24.8 Å². The van der Waals surface area contributed by atoms with Crippen molar-refractivity contribution in [1.82, 2.24) is 9.97 Å². The van der Waals surface area contributed by atoms with Crippen molar-refractivity contribution >= 4 is 44.4 Å². The van der Waals surface area contributed by atoms with Crippen LogP contribution in [-0.2, 0) is 11.3 Å². The summed E-state index contributed by atoms with van der Waals surface area (Å²) in [6.07, 6.45) is 6.39. The Bertz CT molecular complexity index is 1330. The van der Waals surface area contributed by atoms with Crippen LogP contribution in [-0.4, -0.2) is 20.8 Å². The van der Waals surface area contributed by atoms with Crippen molar-refractivity contribution in [1.29, 1.82) is 0 Å². The van der Waals surface area contributed by atoms with Crippen molar-refractivity contribution in [3.8, 4) is 0 Å². The monoisotopic (exact) mass is 444 g/mol. The number of carbonyl (C=O) groups excluding carboxylic acids is 1. The van der Waals surface area contributed by atoms with E-state index in [4.69, 9.17) is 4.98 Å². The van der Waals surface area contributed by atoms with Crippen LogP contribution in [0.4, 0.5) is 10.8 Å². The lowest BCUT2D eigenvalue weighted by Gasteiger charge is -2.18. The molecule has 4 aromatic rings. The van der Waals surface area contributed by atoms with Crippen LogP contribution in [0.5, 0.6) is 0 Å². The minimum atomic E-state index is -0.459. The number of amides is 1. The lowest BCUT2D eigenvalue weighted by molar-refractivity contribution is -0.384. The van der Waals surface area contributed by atoms with E-state index in [2.05, 4.69) is 11.1 Å². The van der Waals surface area contributed by atoms with Crippen LogP contribution >= 0.6 is 11.3 Å². The zero-order valence-corrected chi connectivity index (χ0v) is 18.4. The SMILES string of the molecule is Cc1ccc2sc(N(Cc3cccnc3)C(=O)/C=C/c3cccc([N+](=O)[O-])c3)nc2c1C. The van der Waals surface area contributed by atoms with Crippen LogP contribution in [0.1, 0.15) is 22.3 Å². The van der Waals surface area contributed by atoms with Gasteiger partial charge in [0.1, 0.15) is 0 Å². The van der Waals surface area contributed by atoms with Crippen molar-refractivity contribution in [3.63, 3.8) is 0 Å². The summed E-state index contributed by atoms with van der Waals surface area (Å²) in [5.74, 6) is -0.270. The molecule has 7 nitrogen and oxygen atoms in total. The molecule has 0 aliphatic heterocycles. The average molecular weight is 445 g/mol. The van der Waals surface area contributed by atoms with Crippen molar-refractivity contribution in [2.45, 2.75) is 20.4 Å². The highest BCUT2D eigenvalue weighted by Crippen LogP contribution is 2.33. The Balaban J connectivity index is 1.69. The molecule has 2 aromatic carbocycles. The van der Waals surface area contributed by atoms with Gasteiger partial charge in [-0.05, 0) is 54.3 Å². The number of nitro groups is 1. The van der Waals surface area contributed by atoms with Crippen molar-refractivity contribution in [2.24, 2.45) is 0 Å². The molecule has 0 aliphatic rings. The zero-order chi connectivity index (χ0) is 22.7. The molecule has 0 saturated heterocycles. The minimum absolute atomic E-state index is 0.0242. The Labute approximate surface area is 188 Å². The predicted octanol–water partition coefficient (Wildman–Crippen LogP) is 5.46. The number of aryl methyl sites for hydroxylation is 2. The van der Waals surface area contributed by atoms with E-state index in [-0.39, 0.29) is 11.6 Å². The molecule has 0 radical (unpaired) electrons. The number of non-ortho nitro benzene ring substituents is 1. The molecule has 0 aliphatic carbocycles. The van der Waals surface area contributed by atoms with Gasteiger partial charge in [-0.25, -0.2) is 4.98 Å². The highest BCUT2D eigenvalue weighted by Gasteiger charge is 2.19. The molecular formula is C24H20N4O3S. The summed E-state index contributed by atoms with van der Waals surface area (Å²) in [6, 6.07) is 13.9. The highest BCUT2D eigenvalue weighted by molar-refractivity contribution is 7.22. The zero-order valence-electron chi connectivity index (χ0n) is 17.6. The summed E-state index contributed by atoms with van der Waals surface area (Å²) < 4.78 is 1.01. The molecule has 0 fully saturated rings. The molecular weight excluding hydrogens is 424 g/mol. The number of hydrogen-bond donors (Lipinski definition) is 0. The van der Waals surface area contributed by atoms with Gasteiger partial charge in [0.05, 0.1) is 21.7 Å². The first-order valence-corrected chi connectivity index (χ1v) is 10.7. The van der Waals surface area contributed by atoms with Gasteiger partial charge in [0, 0.05) is 30.6 Å². The first-order chi connectivity index (χ1) is 15.4. The first-order valence-electron chi connectivity index (χ1n) is 9.92. The van der Waals surface area contributed by atoms with Gasteiger partial charge < -0.3 is 0 Å². The molecule has 4 rings (SSSR count). The van der Waals surface area contributed by atoms with Crippen LogP contribution in [0, 0.1) is 24.0 Å². The fourth-order valence-electron chi connectivity index (χ4n) is 3.24. The highest BCUT2D eigenvalue weighted by atomic mass is 32.1. The maximum atomic E-state index is 13.2. The minimum Gasteiger partial charge on any atom is -0.280 e. The van der Waals surface area contributed by atoms with E-state index in [0.717, 1.165) is 26.9 Å². The Hall–Kier alpha value is -3.91. The lowest BCUT2D eigenvalue weighted by Crippen LogP contribution is -2.28. The summed E-state index contributed by atoms with van der Waals surface area (Å²) in [7, 11) is 0. The number of nitrogens with zero attached hydrogens (tertiary/aromatic N) is 4.